The summed E-state index contributed by atoms with van der Waals surface area (Å²) in [4.78, 5) is 0. The lowest BCUT2D eigenvalue weighted by Gasteiger charge is -2.38. The minimum atomic E-state index is -2.33. The summed E-state index contributed by atoms with van der Waals surface area (Å²) in [7, 11) is 0.266. The van der Waals surface area contributed by atoms with Gasteiger partial charge >= 0.3 is 17.2 Å². The topological polar surface area (TPSA) is 83.1 Å². The number of hydrogen-bond acceptors (Lipinski definition) is 9. The van der Waals surface area contributed by atoms with Gasteiger partial charge < -0.3 is 36.8 Å². The highest BCUT2D eigenvalue weighted by molar-refractivity contribution is 7.43. The van der Waals surface area contributed by atoms with E-state index in [9.17, 15) is 0 Å². The van der Waals surface area contributed by atoms with Crippen LogP contribution in [0.4, 0.5) is 0 Å². The highest BCUT2D eigenvalue weighted by atomic mass is 31.2. The molecule has 0 aromatic heterocycles. The number of methoxy groups -OCH3 is 3. The van der Waals surface area contributed by atoms with Crippen LogP contribution in [0.3, 0.4) is 0 Å². The molecule has 0 fully saturated rings. The zero-order chi connectivity index (χ0) is 40.2. The number of benzene rings is 7. The monoisotopic (exact) mass is 812 g/mol. The molecule has 0 saturated carbocycles. The third-order valence-electron chi connectivity index (χ3n) is 9.00. The van der Waals surface area contributed by atoms with Gasteiger partial charge in [0.25, 0.3) is 0 Å². The number of para-hydroxylation sites is 8. The van der Waals surface area contributed by atoms with Gasteiger partial charge in [0.15, 0.2) is 40.1 Å². The molecule has 7 aromatic carbocycles. The summed E-state index contributed by atoms with van der Waals surface area (Å²) in [5.41, 5.74) is 1.65. The Morgan fingerprint density at radius 3 is 1.10 bits per heavy atom. The van der Waals surface area contributed by atoms with Crippen LogP contribution in [-0.2, 0) is 10.1 Å². The van der Waals surface area contributed by atoms with E-state index in [0.717, 1.165) is 16.7 Å². The molecule has 11 heteroatoms. The fraction of sp³-hybridized carbons (Fsp3) is 0.106. The first-order chi connectivity index (χ1) is 28.5. The van der Waals surface area contributed by atoms with Crippen molar-refractivity contribution in [1.82, 2.24) is 0 Å². The van der Waals surface area contributed by atoms with Crippen LogP contribution in [0.1, 0.15) is 22.3 Å². The van der Waals surface area contributed by atoms with E-state index in [2.05, 4.69) is 0 Å². The molecule has 0 spiro atoms. The zero-order valence-electron chi connectivity index (χ0n) is 32.4. The Kier molecular flexibility index (Phi) is 13.3. The van der Waals surface area contributed by atoms with Crippen LogP contribution >= 0.6 is 17.2 Å². The van der Waals surface area contributed by atoms with Crippen LogP contribution in [0, 0.1) is 6.92 Å². The number of hydrogen-bond donors (Lipinski definition) is 0. The molecule has 0 aliphatic heterocycles. The first kappa shape index (κ1) is 40.0. The number of rotatable bonds is 18. The highest BCUT2D eigenvalue weighted by Gasteiger charge is 2.46. The van der Waals surface area contributed by atoms with Gasteiger partial charge in [0.2, 0.25) is 0 Å². The highest BCUT2D eigenvalue weighted by Crippen LogP contribution is 2.57. The third kappa shape index (κ3) is 9.14. The quantitative estimate of drug-likeness (QED) is 0.0621. The van der Waals surface area contributed by atoms with Crippen LogP contribution in [-0.4, -0.2) is 21.3 Å². The minimum absolute atomic E-state index is 0.422. The van der Waals surface area contributed by atoms with Crippen LogP contribution in [0.15, 0.2) is 182 Å². The summed E-state index contributed by atoms with van der Waals surface area (Å²) in [5.74, 6) is 3.86. The van der Waals surface area contributed by atoms with Gasteiger partial charge in [0.05, 0.1) is 21.3 Å². The van der Waals surface area contributed by atoms with Gasteiger partial charge in [-0.1, -0.05) is 133 Å². The lowest BCUT2D eigenvalue weighted by atomic mass is 9.80. The average Bonchev–Trinajstić information content (AvgIpc) is 3.27. The molecule has 0 radical (unpaired) electrons. The first-order valence-corrected chi connectivity index (χ1v) is 20.6. The molecule has 1 unspecified atom stereocenters. The molecule has 9 nitrogen and oxygen atoms in total. The SMILES string of the molecule is COc1ccccc1OP(Oc1ccccc1C)Oc1ccccc1C(OP(Oc1ccccc1OC)Oc1ccccc1OC)(c1ccccc1)c1ccccc1. The normalized spacial score (nSPS) is 11.6. The van der Waals surface area contributed by atoms with E-state index >= 15 is 0 Å². The third-order valence-corrected chi connectivity index (χ3v) is 11.2. The van der Waals surface area contributed by atoms with Crippen molar-refractivity contribution < 1.29 is 41.4 Å². The van der Waals surface area contributed by atoms with Gasteiger partial charge in [0.1, 0.15) is 11.5 Å². The molecule has 7 aromatic rings. The van der Waals surface area contributed by atoms with Crippen molar-refractivity contribution in [3.05, 3.63) is 204 Å². The van der Waals surface area contributed by atoms with E-state index in [0.29, 0.717) is 51.6 Å². The van der Waals surface area contributed by atoms with E-state index in [1.165, 1.54) is 0 Å². The van der Waals surface area contributed by atoms with E-state index in [4.69, 9.17) is 41.4 Å². The van der Waals surface area contributed by atoms with Gasteiger partial charge in [-0.25, -0.2) is 0 Å². The number of aryl methyl sites for hydroxylation is 1. The second kappa shape index (κ2) is 19.3. The van der Waals surface area contributed by atoms with Gasteiger partial charge in [-0.3, -0.25) is 4.52 Å². The van der Waals surface area contributed by atoms with Crippen LogP contribution in [0.2, 0.25) is 0 Å². The Bertz CT molecular complexity index is 2290. The molecule has 0 aliphatic carbocycles. The Hall–Kier alpha value is -6.24. The first-order valence-electron chi connectivity index (χ1n) is 18.4. The molecule has 0 aliphatic rings. The molecular formula is C47H42O9P2. The predicted molar refractivity (Wildman–Crippen MR) is 227 cm³/mol. The van der Waals surface area contributed by atoms with E-state index in [1.54, 1.807) is 33.5 Å². The fourth-order valence-electron chi connectivity index (χ4n) is 6.18. The largest absolute Gasteiger partial charge is 0.530 e. The molecule has 58 heavy (non-hydrogen) atoms. The Balaban J connectivity index is 1.41. The molecule has 0 bridgehead atoms. The minimum Gasteiger partial charge on any atom is -0.493 e. The second-order valence-corrected chi connectivity index (χ2v) is 14.6. The maximum absolute atomic E-state index is 7.45. The summed E-state index contributed by atoms with van der Waals surface area (Å²) in [6.45, 7) is 1.97. The Morgan fingerprint density at radius 2 is 0.655 bits per heavy atom. The van der Waals surface area contributed by atoms with Crippen molar-refractivity contribution in [3.8, 4) is 46.0 Å². The van der Waals surface area contributed by atoms with Gasteiger partial charge in [-0.2, -0.15) is 0 Å². The van der Waals surface area contributed by atoms with Crippen molar-refractivity contribution in [1.29, 1.82) is 0 Å². The maximum atomic E-state index is 7.45. The average molecular weight is 813 g/mol. The summed E-state index contributed by atoms with van der Waals surface area (Å²) in [6.07, 6.45) is 0. The van der Waals surface area contributed by atoms with Crippen molar-refractivity contribution in [3.63, 3.8) is 0 Å². The van der Waals surface area contributed by atoms with Crippen molar-refractivity contribution in [2.75, 3.05) is 21.3 Å². The molecule has 0 N–H and O–H groups in total. The van der Waals surface area contributed by atoms with E-state index < -0.39 is 22.8 Å². The summed E-state index contributed by atoms with van der Waals surface area (Å²) >= 11 is 0. The van der Waals surface area contributed by atoms with Gasteiger partial charge in [0, 0.05) is 5.56 Å². The molecule has 0 amide bonds. The predicted octanol–water partition coefficient (Wildman–Crippen LogP) is 12.5. The fourth-order valence-corrected chi connectivity index (χ4v) is 8.56. The number of ether oxygens (including phenoxy) is 3. The molecular weight excluding hydrogens is 770 g/mol. The van der Waals surface area contributed by atoms with Gasteiger partial charge in [-0.15, -0.1) is 0 Å². The zero-order valence-corrected chi connectivity index (χ0v) is 34.2. The van der Waals surface area contributed by atoms with Crippen LogP contribution in [0.5, 0.6) is 46.0 Å². The smallest absolute Gasteiger partial charge is 0.493 e. The molecule has 1 atom stereocenters. The molecule has 7 rings (SSSR count). The van der Waals surface area contributed by atoms with Crippen LogP contribution in [0.25, 0.3) is 0 Å². The summed E-state index contributed by atoms with van der Waals surface area (Å²) in [6, 6.07) is 57.2. The van der Waals surface area contributed by atoms with Crippen LogP contribution < -0.4 is 36.8 Å². The second-order valence-electron chi connectivity index (χ2n) is 12.6. The molecule has 0 saturated heterocycles. The molecule has 294 valence electrons. The van der Waals surface area contributed by atoms with E-state index in [-0.39, 0.29) is 0 Å². The Labute approximate surface area is 341 Å². The summed E-state index contributed by atoms with van der Waals surface area (Å²) < 4.78 is 58.0. The summed E-state index contributed by atoms with van der Waals surface area (Å²) in [5, 5.41) is 0. The van der Waals surface area contributed by atoms with Gasteiger partial charge in [-0.05, 0) is 72.1 Å². The molecule has 0 heterocycles. The van der Waals surface area contributed by atoms with Crippen molar-refractivity contribution in [2.45, 2.75) is 12.5 Å². The van der Waals surface area contributed by atoms with E-state index in [1.807, 2.05) is 177 Å². The lowest BCUT2D eigenvalue weighted by Crippen LogP contribution is -2.33. The standard InChI is InChI=1S/C47H42O9P2/c1-35-21-11-13-27-39(35)51-57(53-44-32-18-15-29-41(44)48-2)52-40-28-14-12-26-38(40)47(36-22-7-5-8-23-36,37-24-9-6-10-25-37)56-58(54-45-33-19-16-30-42(45)49-3)55-46-34-20-17-31-43(46)50-4/h5-34H,1-4H3. The van der Waals surface area contributed by atoms with Crippen molar-refractivity contribution >= 4 is 17.2 Å². The lowest BCUT2D eigenvalue weighted by molar-refractivity contribution is 0.132. The Morgan fingerprint density at radius 1 is 0.328 bits per heavy atom. The maximum Gasteiger partial charge on any atom is 0.530 e. The van der Waals surface area contributed by atoms with Crippen molar-refractivity contribution in [2.24, 2.45) is 0 Å².